The Hall–Kier alpha value is -1.95. The molecule has 2 aromatic carbocycles. The van der Waals surface area contributed by atoms with Crippen LogP contribution in [-0.4, -0.2) is 55.1 Å². The summed E-state index contributed by atoms with van der Waals surface area (Å²) < 4.78 is 11.2. The van der Waals surface area contributed by atoms with Gasteiger partial charge in [-0.1, -0.05) is 29.3 Å². The SMILES string of the molecule is CCOc1ccc(C(=O)N2CCN(Cc3ccc(Cl)c(Cl)c3)CC2)cc1OCC. The van der Waals surface area contributed by atoms with Crippen molar-refractivity contribution in [2.24, 2.45) is 0 Å². The first-order valence-corrected chi connectivity index (χ1v) is 10.6. The van der Waals surface area contributed by atoms with Crippen LogP contribution in [0.4, 0.5) is 0 Å². The van der Waals surface area contributed by atoms with Crippen LogP contribution in [0.2, 0.25) is 10.0 Å². The Morgan fingerprint density at radius 3 is 2.24 bits per heavy atom. The number of ether oxygens (including phenoxy) is 2. The maximum Gasteiger partial charge on any atom is 0.254 e. The predicted molar refractivity (Wildman–Crippen MR) is 116 cm³/mol. The summed E-state index contributed by atoms with van der Waals surface area (Å²) in [7, 11) is 0. The normalized spacial score (nSPS) is 14.7. The van der Waals surface area contributed by atoms with Crippen LogP contribution in [0.3, 0.4) is 0 Å². The molecule has 1 heterocycles. The molecule has 3 rings (SSSR count). The quantitative estimate of drug-likeness (QED) is 0.627. The predicted octanol–water partition coefficient (Wildman–Crippen LogP) is 4.75. The number of halogens is 2. The lowest BCUT2D eigenvalue weighted by Crippen LogP contribution is -2.48. The molecule has 2 aromatic rings. The average Bonchev–Trinajstić information content (AvgIpc) is 2.72. The van der Waals surface area contributed by atoms with Gasteiger partial charge in [0.1, 0.15) is 0 Å². The van der Waals surface area contributed by atoms with Crippen LogP contribution >= 0.6 is 23.2 Å². The fourth-order valence-corrected chi connectivity index (χ4v) is 3.69. The van der Waals surface area contributed by atoms with Gasteiger partial charge in [0.2, 0.25) is 0 Å². The lowest BCUT2D eigenvalue weighted by atomic mass is 10.1. The highest BCUT2D eigenvalue weighted by molar-refractivity contribution is 6.42. The minimum atomic E-state index is 0.0168. The van der Waals surface area contributed by atoms with Crippen molar-refractivity contribution in [1.82, 2.24) is 9.80 Å². The third kappa shape index (κ3) is 5.56. The molecule has 156 valence electrons. The molecule has 0 N–H and O–H groups in total. The van der Waals surface area contributed by atoms with E-state index in [1.165, 1.54) is 0 Å². The minimum Gasteiger partial charge on any atom is -0.490 e. The molecule has 0 atom stereocenters. The standard InChI is InChI=1S/C22H26Cl2N2O3/c1-3-28-20-8-6-17(14-21(20)29-4-2)22(27)26-11-9-25(10-12-26)15-16-5-7-18(23)19(24)13-16/h5-8,13-14H,3-4,9-12,15H2,1-2H3. The Bertz CT molecular complexity index is 852. The van der Waals surface area contributed by atoms with E-state index < -0.39 is 0 Å². The maximum absolute atomic E-state index is 13.0. The van der Waals surface area contributed by atoms with E-state index in [0.717, 1.165) is 25.2 Å². The number of carbonyl (C=O) groups excluding carboxylic acids is 1. The number of piperazine rings is 1. The summed E-state index contributed by atoms with van der Waals surface area (Å²) in [6, 6.07) is 11.1. The van der Waals surface area contributed by atoms with Crippen LogP contribution in [0.1, 0.15) is 29.8 Å². The zero-order valence-electron chi connectivity index (χ0n) is 16.8. The van der Waals surface area contributed by atoms with Gasteiger partial charge in [-0.25, -0.2) is 0 Å². The molecule has 1 aliphatic rings. The van der Waals surface area contributed by atoms with E-state index >= 15 is 0 Å². The summed E-state index contributed by atoms with van der Waals surface area (Å²) >= 11 is 12.1. The van der Waals surface area contributed by atoms with Gasteiger partial charge in [-0.15, -0.1) is 0 Å². The summed E-state index contributed by atoms with van der Waals surface area (Å²) in [6.07, 6.45) is 0. The molecule has 1 aliphatic heterocycles. The molecule has 0 aliphatic carbocycles. The van der Waals surface area contributed by atoms with Crippen molar-refractivity contribution in [1.29, 1.82) is 0 Å². The largest absolute Gasteiger partial charge is 0.490 e. The van der Waals surface area contributed by atoms with Crippen LogP contribution in [0.5, 0.6) is 11.5 Å². The fourth-order valence-electron chi connectivity index (χ4n) is 3.37. The summed E-state index contributed by atoms with van der Waals surface area (Å²) in [4.78, 5) is 17.1. The van der Waals surface area contributed by atoms with Crippen LogP contribution in [0, 0.1) is 0 Å². The van der Waals surface area contributed by atoms with Crippen molar-refractivity contribution in [3.63, 3.8) is 0 Å². The molecule has 0 aromatic heterocycles. The van der Waals surface area contributed by atoms with Crippen molar-refractivity contribution in [2.45, 2.75) is 20.4 Å². The summed E-state index contributed by atoms with van der Waals surface area (Å²) in [5.41, 5.74) is 1.74. The van der Waals surface area contributed by atoms with Crippen molar-refractivity contribution >= 4 is 29.1 Å². The summed E-state index contributed by atoms with van der Waals surface area (Å²) in [5.74, 6) is 1.29. The number of rotatable bonds is 7. The minimum absolute atomic E-state index is 0.0168. The molecule has 0 saturated carbocycles. The highest BCUT2D eigenvalue weighted by Gasteiger charge is 2.23. The molecule has 5 nitrogen and oxygen atoms in total. The zero-order chi connectivity index (χ0) is 20.8. The first kappa shape index (κ1) is 21.8. The second-order valence-electron chi connectivity index (χ2n) is 6.84. The van der Waals surface area contributed by atoms with Crippen molar-refractivity contribution < 1.29 is 14.3 Å². The van der Waals surface area contributed by atoms with Gasteiger partial charge in [0.15, 0.2) is 11.5 Å². The molecular weight excluding hydrogens is 411 g/mol. The highest BCUT2D eigenvalue weighted by atomic mass is 35.5. The third-order valence-corrected chi connectivity index (χ3v) is 5.58. The van der Waals surface area contributed by atoms with Gasteiger partial charge in [0.25, 0.3) is 5.91 Å². The molecule has 29 heavy (non-hydrogen) atoms. The Kier molecular flexibility index (Phi) is 7.64. The third-order valence-electron chi connectivity index (χ3n) is 4.84. The number of benzene rings is 2. The highest BCUT2D eigenvalue weighted by Crippen LogP contribution is 2.29. The maximum atomic E-state index is 13.0. The van der Waals surface area contributed by atoms with Crippen molar-refractivity contribution in [3.05, 3.63) is 57.6 Å². The number of hydrogen-bond donors (Lipinski definition) is 0. The second-order valence-corrected chi connectivity index (χ2v) is 7.66. The lowest BCUT2D eigenvalue weighted by Gasteiger charge is -2.35. The van der Waals surface area contributed by atoms with E-state index in [0.29, 0.717) is 53.4 Å². The van der Waals surface area contributed by atoms with Gasteiger partial charge in [-0.3, -0.25) is 9.69 Å². The number of carbonyl (C=O) groups is 1. The van der Waals surface area contributed by atoms with Gasteiger partial charge < -0.3 is 14.4 Å². The van der Waals surface area contributed by atoms with E-state index in [4.69, 9.17) is 32.7 Å². The average molecular weight is 437 g/mol. The van der Waals surface area contributed by atoms with E-state index in [-0.39, 0.29) is 5.91 Å². The smallest absolute Gasteiger partial charge is 0.254 e. The summed E-state index contributed by atoms with van der Waals surface area (Å²) in [6.45, 7) is 8.66. The zero-order valence-corrected chi connectivity index (χ0v) is 18.3. The molecular formula is C22H26Cl2N2O3. The number of amides is 1. The Morgan fingerprint density at radius 1 is 0.897 bits per heavy atom. The Morgan fingerprint density at radius 2 is 1.59 bits per heavy atom. The molecule has 0 unspecified atom stereocenters. The van der Waals surface area contributed by atoms with Gasteiger partial charge in [-0.05, 0) is 49.7 Å². The van der Waals surface area contributed by atoms with Gasteiger partial charge in [0.05, 0.1) is 23.3 Å². The number of hydrogen-bond acceptors (Lipinski definition) is 4. The molecule has 0 spiro atoms. The van der Waals surface area contributed by atoms with Gasteiger partial charge in [-0.2, -0.15) is 0 Å². The fraction of sp³-hybridized carbons (Fsp3) is 0.409. The second kappa shape index (κ2) is 10.2. The first-order chi connectivity index (χ1) is 14.0. The van der Waals surface area contributed by atoms with E-state index in [9.17, 15) is 4.79 Å². The first-order valence-electron chi connectivity index (χ1n) is 9.87. The van der Waals surface area contributed by atoms with E-state index in [1.807, 2.05) is 43.0 Å². The van der Waals surface area contributed by atoms with Crippen molar-refractivity contribution in [2.75, 3.05) is 39.4 Å². The topological polar surface area (TPSA) is 42.0 Å². The molecule has 1 amide bonds. The van der Waals surface area contributed by atoms with Crippen LogP contribution < -0.4 is 9.47 Å². The van der Waals surface area contributed by atoms with Gasteiger partial charge in [0, 0.05) is 38.3 Å². The Balaban J connectivity index is 1.60. The molecule has 0 bridgehead atoms. The Labute approximate surface area is 182 Å². The lowest BCUT2D eigenvalue weighted by molar-refractivity contribution is 0.0628. The van der Waals surface area contributed by atoms with Crippen LogP contribution in [0.15, 0.2) is 36.4 Å². The van der Waals surface area contributed by atoms with Crippen molar-refractivity contribution in [3.8, 4) is 11.5 Å². The molecule has 7 heteroatoms. The van der Waals surface area contributed by atoms with Crippen LogP contribution in [-0.2, 0) is 6.54 Å². The van der Waals surface area contributed by atoms with Gasteiger partial charge >= 0.3 is 0 Å². The molecule has 0 radical (unpaired) electrons. The van der Waals surface area contributed by atoms with E-state index in [1.54, 1.807) is 12.1 Å². The van der Waals surface area contributed by atoms with Crippen LogP contribution in [0.25, 0.3) is 0 Å². The monoisotopic (exact) mass is 436 g/mol. The molecule has 1 saturated heterocycles. The summed E-state index contributed by atoms with van der Waals surface area (Å²) in [5, 5.41) is 1.13. The number of nitrogens with zero attached hydrogens (tertiary/aromatic N) is 2. The van der Waals surface area contributed by atoms with E-state index in [2.05, 4.69) is 4.90 Å². The molecule has 1 fully saturated rings.